The lowest BCUT2D eigenvalue weighted by atomic mass is 10.3. The summed E-state index contributed by atoms with van der Waals surface area (Å²) in [5, 5.41) is 0. The molecular weight excluding hydrogens is 304 g/mol. The monoisotopic (exact) mass is 328 g/mol. The molecule has 0 atom stereocenters. The van der Waals surface area contributed by atoms with Gasteiger partial charge in [-0.3, -0.25) is 9.69 Å². The molecule has 0 bridgehead atoms. The molecule has 0 unspecified atom stereocenters. The van der Waals surface area contributed by atoms with Crippen molar-refractivity contribution in [2.45, 2.75) is 19.3 Å². The molecule has 1 amide bonds. The summed E-state index contributed by atoms with van der Waals surface area (Å²) < 4.78 is 2.00. The molecule has 7 nitrogen and oxygen atoms in total. The number of carbonyl (C=O) groups excluding carboxylic acids is 1. The third-order valence-electron chi connectivity index (χ3n) is 5.02. The van der Waals surface area contributed by atoms with Crippen molar-refractivity contribution in [3.8, 4) is 0 Å². The van der Waals surface area contributed by atoms with Crippen LogP contribution < -0.4 is 4.90 Å². The molecule has 0 aromatic carbocycles. The first-order valence-electron chi connectivity index (χ1n) is 8.83. The third kappa shape index (κ3) is 3.08. The molecule has 4 rings (SSSR count). The summed E-state index contributed by atoms with van der Waals surface area (Å²) in [5.74, 6) is 1.28. The fraction of sp³-hybridized carbons (Fsp3) is 0.588. The highest BCUT2D eigenvalue weighted by molar-refractivity contribution is 5.78. The number of anilines is 1. The summed E-state index contributed by atoms with van der Waals surface area (Å²) in [6.07, 6.45) is 10.8. The standard InChI is InChI=1S/C17H24N6O/c24-16(21-6-1-2-7-21)13-20-5-3-8-22(11-10-20)17-15-12-18-14-23(15)9-4-19-17/h4,9,12,14H,1-3,5-8,10-11,13H2. The number of rotatable bonds is 3. The zero-order valence-electron chi connectivity index (χ0n) is 14.0. The maximum absolute atomic E-state index is 12.4. The van der Waals surface area contributed by atoms with E-state index in [2.05, 4.69) is 19.8 Å². The van der Waals surface area contributed by atoms with Crippen molar-refractivity contribution >= 4 is 17.2 Å². The first kappa shape index (κ1) is 15.4. The average molecular weight is 328 g/mol. The van der Waals surface area contributed by atoms with Crippen molar-refractivity contribution in [3.63, 3.8) is 0 Å². The normalized spacial score (nSPS) is 19.8. The van der Waals surface area contributed by atoms with Gasteiger partial charge >= 0.3 is 0 Å². The Morgan fingerprint density at radius 2 is 1.92 bits per heavy atom. The van der Waals surface area contributed by atoms with Crippen molar-refractivity contribution in [1.29, 1.82) is 0 Å². The lowest BCUT2D eigenvalue weighted by Gasteiger charge is -2.24. The van der Waals surface area contributed by atoms with Gasteiger partial charge in [-0.05, 0) is 19.3 Å². The summed E-state index contributed by atoms with van der Waals surface area (Å²) in [6, 6.07) is 0. The van der Waals surface area contributed by atoms with E-state index in [9.17, 15) is 4.79 Å². The number of imidazole rings is 1. The van der Waals surface area contributed by atoms with Crippen LogP contribution in [0.2, 0.25) is 0 Å². The largest absolute Gasteiger partial charge is 0.354 e. The van der Waals surface area contributed by atoms with E-state index in [4.69, 9.17) is 0 Å². The Hall–Kier alpha value is -2.15. The Kier molecular flexibility index (Phi) is 4.34. The van der Waals surface area contributed by atoms with Crippen LogP contribution in [0.3, 0.4) is 0 Å². The van der Waals surface area contributed by atoms with Gasteiger partial charge in [0.15, 0.2) is 5.82 Å². The number of likely N-dealkylation sites (tertiary alicyclic amines) is 1. The predicted molar refractivity (Wildman–Crippen MR) is 92.1 cm³/mol. The lowest BCUT2D eigenvalue weighted by molar-refractivity contribution is -0.131. The third-order valence-corrected chi connectivity index (χ3v) is 5.02. The maximum Gasteiger partial charge on any atom is 0.236 e. The molecule has 2 saturated heterocycles. The molecule has 4 heterocycles. The van der Waals surface area contributed by atoms with E-state index in [1.807, 2.05) is 27.9 Å². The van der Waals surface area contributed by atoms with Gasteiger partial charge in [-0.1, -0.05) is 0 Å². The predicted octanol–water partition coefficient (Wildman–Crippen LogP) is 0.864. The molecule has 0 radical (unpaired) electrons. The molecule has 2 aromatic heterocycles. The van der Waals surface area contributed by atoms with Gasteiger partial charge in [-0.25, -0.2) is 9.97 Å². The second-order valence-corrected chi connectivity index (χ2v) is 6.64. The summed E-state index contributed by atoms with van der Waals surface area (Å²) in [4.78, 5) is 27.8. The van der Waals surface area contributed by atoms with Crippen LogP contribution in [0, 0.1) is 0 Å². The second kappa shape index (κ2) is 6.76. The number of hydrogen-bond acceptors (Lipinski definition) is 5. The number of aromatic nitrogens is 3. The topological polar surface area (TPSA) is 57.0 Å². The molecule has 0 spiro atoms. The zero-order chi connectivity index (χ0) is 16.4. The van der Waals surface area contributed by atoms with Crippen LogP contribution in [0.1, 0.15) is 19.3 Å². The van der Waals surface area contributed by atoms with E-state index in [0.717, 1.165) is 69.9 Å². The zero-order valence-corrected chi connectivity index (χ0v) is 14.0. The van der Waals surface area contributed by atoms with E-state index in [1.165, 1.54) is 0 Å². The molecule has 0 saturated carbocycles. The summed E-state index contributed by atoms with van der Waals surface area (Å²) in [5.41, 5.74) is 1.04. The average Bonchev–Trinajstić information content (AvgIpc) is 3.24. The van der Waals surface area contributed by atoms with Gasteiger partial charge in [0.25, 0.3) is 0 Å². The first-order chi connectivity index (χ1) is 11.8. The van der Waals surface area contributed by atoms with E-state index in [0.29, 0.717) is 6.54 Å². The van der Waals surface area contributed by atoms with Crippen LogP contribution in [0.5, 0.6) is 0 Å². The molecule has 2 aliphatic rings. The fourth-order valence-electron chi connectivity index (χ4n) is 3.68. The summed E-state index contributed by atoms with van der Waals surface area (Å²) >= 11 is 0. The number of nitrogens with zero attached hydrogens (tertiary/aromatic N) is 6. The van der Waals surface area contributed by atoms with Crippen molar-refractivity contribution in [1.82, 2.24) is 24.2 Å². The van der Waals surface area contributed by atoms with Crippen molar-refractivity contribution in [3.05, 3.63) is 24.9 Å². The highest BCUT2D eigenvalue weighted by Crippen LogP contribution is 2.19. The highest BCUT2D eigenvalue weighted by Gasteiger charge is 2.23. The Morgan fingerprint density at radius 1 is 1.04 bits per heavy atom. The van der Waals surface area contributed by atoms with Crippen LogP contribution in [-0.2, 0) is 4.79 Å². The van der Waals surface area contributed by atoms with Crippen LogP contribution >= 0.6 is 0 Å². The Labute approximate surface area is 141 Å². The smallest absolute Gasteiger partial charge is 0.236 e. The SMILES string of the molecule is O=C(CN1CCCN(c2nccn3cncc23)CC1)N1CCCC1. The Bertz CT molecular complexity index is 708. The van der Waals surface area contributed by atoms with Gasteiger partial charge in [-0.2, -0.15) is 0 Å². The van der Waals surface area contributed by atoms with E-state index < -0.39 is 0 Å². The van der Waals surface area contributed by atoms with Crippen molar-refractivity contribution in [2.24, 2.45) is 0 Å². The van der Waals surface area contributed by atoms with Crippen LogP contribution in [0.4, 0.5) is 5.82 Å². The number of hydrogen-bond donors (Lipinski definition) is 0. The summed E-state index contributed by atoms with van der Waals surface area (Å²) in [7, 11) is 0. The quantitative estimate of drug-likeness (QED) is 0.837. The number of carbonyl (C=O) groups is 1. The minimum absolute atomic E-state index is 0.289. The van der Waals surface area contributed by atoms with Gasteiger partial charge in [0.2, 0.25) is 5.91 Å². The van der Waals surface area contributed by atoms with Crippen LogP contribution in [0.25, 0.3) is 5.52 Å². The molecule has 7 heteroatoms. The van der Waals surface area contributed by atoms with Crippen LogP contribution in [-0.4, -0.2) is 75.9 Å². The molecule has 128 valence electrons. The van der Waals surface area contributed by atoms with Crippen molar-refractivity contribution < 1.29 is 4.79 Å². The molecule has 2 aromatic rings. The molecule has 0 aliphatic carbocycles. The first-order valence-corrected chi connectivity index (χ1v) is 8.83. The maximum atomic E-state index is 12.4. The lowest BCUT2D eigenvalue weighted by Crippen LogP contribution is -2.40. The fourth-order valence-corrected chi connectivity index (χ4v) is 3.68. The van der Waals surface area contributed by atoms with Gasteiger partial charge in [0, 0.05) is 51.7 Å². The van der Waals surface area contributed by atoms with Gasteiger partial charge in [0.05, 0.1) is 19.1 Å². The van der Waals surface area contributed by atoms with Crippen LogP contribution in [0.15, 0.2) is 24.9 Å². The minimum Gasteiger partial charge on any atom is -0.354 e. The van der Waals surface area contributed by atoms with Crippen molar-refractivity contribution in [2.75, 3.05) is 50.7 Å². The molecule has 24 heavy (non-hydrogen) atoms. The second-order valence-electron chi connectivity index (χ2n) is 6.64. The Morgan fingerprint density at radius 3 is 2.79 bits per heavy atom. The van der Waals surface area contributed by atoms with E-state index in [-0.39, 0.29) is 5.91 Å². The molecule has 2 fully saturated rings. The van der Waals surface area contributed by atoms with E-state index in [1.54, 1.807) is 6.33 Å². The van der Waals surface area contributed by atoms with Gasteiger partial charge < -0.3 is 14.2 Å². The molecule has 0 N–H and O–H groups in total. The Balaban J connectivity index is 1.41. The number of fused-ring (bicyclic) bond motifs is 1. The minimum atomic E-state index is 0.289. The molecular formula is C17H24N6O. The summed E-state index contributed by atoms with van der Waals surface area (Å²) in [6.45, 7) is 6.16. The van der Waals surface area contributed by atoms with E-state index >= 15 is 0 Å². The highest BCUT2D eigenvalue weighted by atomic mass is 16.2. The van der Waals surface area contributed by atoms with Gasteiger partial charge in [0.1, 0.15) is 5.52 Å². The van der Waals surface area contributed by atoms with Gasteiger partial charge in [-0.15, -0.1) is 0 Å². The molecule has 2 aliphatic heterocycles. The number of amides is 1.